The van der Waals surface area contributed by atoms with Crippen LogP contribution in [0.5, 0.6) is 0 Å². The highest BCUT2D eigenvalue weighted by Gasteiger charge is 2.60. The zero-order valence-corrected chi connectivity index (χ0v) is 20.5. The molecule has 37 heavy (non-hydrogen) atoms. The van der Waals surface area contributed by atoms with Crippen molar-refractivity contribution in [3.8, 4) is 11.3 Å². The molecule has 2 fully saturated rings. The van der Waals surface area contributed by atoms with Crippen LogP contribution in [0.15, 0.2) is 30.6 Å². The Hall–Kier alpha value is -3.57. The minimum atomic E-state index is -0.654. The van der Waals surface area contributed by atoms with Crippen molar-refractivity contribution < 1.29 is 23.2 Å². The predicted molar refractivity (Wildman–Crippen MR) is 129 cm³/mol. The number of halogens is 3. The van der Waals surface area contributed by atoms with Crippen LogP contribution in [-0.2, 0) is 11.3 Å². The number of H-pyrrole nitrogens is 1. The SMILES string of the molecule is CC(=O)c1cc(-c2cc(C(=O)C3CC34CC(C(=O)NCc3ncc(F)cc3Cl)CCN4)[nH]n2)c(F)cn1. The van der Waals surface area contributed by atoms with E-state index in [0.717, 1.165) is 18.5 Å². The Morgan fingerprint density at radius 2 is 1.97 bits per heavy atom. The van der Waals surface area contributed by atoms with Crippen LogP contribution >= 0.6 is 11.6 Å². The van der Waals surface area contributed by atoms with Gasteiger partial charge in [0.15, 0.2) is 17.4 Å². The minimum absolute atomic E-state index is 0.0734. The Balaban J connectivity index is 1.24. The fourth-order valence-corrected chi connectivity index (χ4v) is 5.11. The number of hydrogen-bond donors (Lipinski definition) is 3. The molecule has 1 aliphatic carbocycles. The van der Waals surface area contributed by atoms with Crippen LogP contribution in [0.3, 0.4) is 0 Å². The molecule has 3 atom stereocenters. The summed E-state index contributed by atoms with van der Waals surface area (Å²) < 4.78 is 27.5. The van der Waals surface area contributed by atoms with E-state index < -0.39 is 17.2 Å². The standard InChI is InChI=1S/C25H23ClF2N6O3/c1-12(35)19-5-15(18(28)10-30-19)20-6-21(34-33-20)23(36)16-8-25(16)7-13(2-3-32-25)24(37)31-11-22-17(26)4-14(27)9-29-22/h4-6,9-10,13,16,32H,2-3,7-8,11H2,1H3,(H,31,37)(H,33,34). The highest BCUT2D eigenvalue weighted by molar-refractivity contribution is 6.31. The molecule has 1 aliphatic heterocycles. The lowest BCUT2D eigenvalue weighted by Crippen LogP contribution is -2.47. The molecule has 1 saturated carbocycles. The highest BCUT2D eigenvalue weighted by Crippen LogP contribution is 2.51. The average molecular weight is 529 g/mol. The van der Waals surface area contributed by atoms with Gasteiger partial charge in [-0.15, -0.1) is 0 Å². The summed E-state index contributed by atoms with van der Waals surface area (Å²) in [6.45, 7) is 1.97. The fraction of sp³-hybridized carbons (Fsp3) is 0.360. The molecular weight excluding hydrogens is 506 g/mol. The van der Waals surface area contributed by atoms with Crippen LogP contribution in [0.2, 0.25) is 5.02 Å². The van der Waals surface area contributed by atoms with E-state index in [1.54, 1.807) is 0 Å². The van der Waals surface area contributed by atoms with Crippen LogP contribution in [0, 0.1) is 23.5 Å². The molecule has 0 radical (unpaired) electrons. The topological polar surface area (TPSA) is 130 Å². The number of Topliss-reactive ketones (excluding diaryl/α,β-unsaturated/α-hetero) is 2. The summed E-state index contributed by atoms with van der Waals surface area (Å²) >= 11 is 5.99. The van der Waals surface area contributed by atoms with E-state index in [0.29, 0.717) is 31.5 Å². The first-order valence-corrected chi connectivity index (χ1v) is 12.1. The smallest absolute Gasteiger partial charge is 0.223 e. The number of rotatable bonds is 7. The van der Waals surface area contributed by atoms with Gasteiger partial charge in [0, 0.05) is 29.9 Å². The Bertz CT molecular complexity index is 1410. The molecule has 1 spiro atoms. The number of aromatic nitrogens is 4. The van der Waals surface area contributed by atoms with Gasteiger partial charge in [-0.05, 0) is 44.0 Å². The number of nitrogens with one attached hydrogen (secondary N) is 3. The fourth-order valence-electron chi connectivity index (χ4n) is 4.89. The second kappa shape index (κ2) is 9.71. The third-order valence-electron chi connectivity index (χ3n) is 6.99. The summed E-state index contributed by atoms with van der Waals surface area (Å²) in [4.78, 5) is 45.3. The van der Waals surface area contributed by atoms with Crippen LogP contribution < -0.4 is 10.6 Å². The lowest BCUT2D eigenvalue weighted by atomic mass is 9.88. The van der Waals surface area contributed by atoms with Crippen LogP contribution in [-0.4, -0.2) is 49.7 Å². The van der Waals surface area contributed by atoms with E-state index in [1.807, 2.05) is 0 Å². The zero-order valence-electron chi connectivity index (χ0n) is 19.8. The summed E-state index contributed by atoms with van der Waals surface area (Å²) in [6, 6.07) is 3.91. The molecule has 3 aromatic heterocycles. The van der Waals surface area contributed by atoms with Crippen LogP contribution in [0.4, 0.5) is 8.78 Å². The van der Waals surface area contributed by atoms with Crippen molar-refractivity contribution in [3.05, 3.63) is 64.3 Å². The summed E-state index contributed by atoms with van der Waals surface area (Å²) in [5.41, 5.74) is 0.463. The van der Waals surface area contributed by atoms with Crippen LogP contribution in [0.25, 0.3) is 11.3 Å². The maximum atomic E-state index is 14.3. The third-order valence-corrected chi connectivity index (χ3v) is 7.32. The first-order chi connectivity index (χ1) is 17.7. The van der Waals surface area contributed by atoms with Crippen molar-refractivity contribution in [1.29, 1.82) is 0 Å². The van der Waals surface area contributed by atoms with Gasteiger partial charge in [-0.1, -0.05) is 11.6 Å². The van der Waals surface area contributed by atoms with Gasteiger partial charge in [-0.3, -0.25) is 29.5 Å². The van der Waals surface area contributed by atoms with Gasteiger partial charge in [0.05, 0.1) is 35.3 Å². The quantitative estimate of drug-likeness (QED) is 0.401. The first kappa shape index (κ1) is 25.1. The molecule has 3 aromatic rings. The zero-order chi connectivity index (χ0) is 26.3. The molecule has 5 rings (SSSR count). The normalized spacial score (nSPS) is 22.6. The van der Waals surface area contributed by atoms with Crippen LogP contribution in [0.1, 0.15) is 52.9 Å². The Morgan fingerprint density at radius 3 is 2.73 bits per heavy atom. The van der Waals surface area contributed by atoms with Gasteiger partial charge in [-0.25, -0.2) is 8.78 Å². The largest absolute Gasteiger partial charge is 0.350 e. The maximum absolute atomic E-state index is 14.3. The summed E-state index contributed by atoms with van der Waals surface area (Å²) in [6.07, 6.45) is 3.64. The Kier molecular flexibility index (Phi) is 6.59. The lowest BCUT2D eigenvalue weighted by Gasteiger charge is -2.30. The number of ketones is 2. The van der Waals surface area contributed by atoms with Gasteiger partial charge >= 0.3 is 0 Å². The minimum Gasteiger partial charge on any atom is -0.350 e. The van der Waals surface area contributed by atoms with Crippen molar-refractivity contribution in [2.24, 2.45) is 11.8 Å². The lowest BCUT2D eigenvalue weighted by molar-refractivity contribution is -0.126. The van der Waals surface area contributed by atoms with Crippen molar-refractivity contribution in [2.45, 2.75) is 38.3 Å². The van der Waals surface area contributed by atoms with E-state index in [-0.39, 0.29) is 63.5 Å². The van der Waals surface area contributed by atoms with E-state index in [1.165, 1.54) is 19.1 Å². The Labute approximate surface area is 215 Å². The molecular formula is C25H23ClF2N6O3. The molecule has 3 N–H and O–H groups in total. The monoisotopic (exact) mass is 528 g/mol. The Morgan fingerprint density at radius 1 is 1.16 bits per heavy atom. The van der Waals surface area contributed by atoms with Gasteiger partial charge in [-0.2, -0.15) is 5.10 Å². The van der Waals surface area contributed by atoms with Crippen molar-refractivity contribution in [3.63, 3.8) is 0 Å². The molecule has 192 valence electrons. The first-order valence-electron chi connectivity index (χ1n) is 11.8. The number of hydrogen-bond acceptors (Lipinski definition) is 7. The van der Waals surface area contributed by atoms with E-state index in [4.69, 9.17) is 11.6 Å². The molecule has 0 aromatic carbocycles. The van der Waals surface area contributed by atoms with Crippen molar-refractivity contribution in [2.75, 3.05) is 6.54 Å². The van der Waals surface area contributed by atoms with Crippen molar-refractivity contribution >= 4 is 29.1 Å². The average Bonchev–Trinajstić information content (AvgIpc) is 3.32. The van der Waals surface area contributed by atoms with Gasteiger partial charge < -0.3 is 10.6 Å². The van der Waals surface area contributed by atoms with Gasteiger partial charge in [0.1, 0.15) is 17.2 Å². The number of carbonyl (C=O) groups excluding carboxylic acids is 3. The molecule has 1 saturated heterocycles. The van der Waals surface area contributed by atoms with E-state index in [9.17, 15) is 23.2 Å². The molecule has 2 aliphatic rings. The van der Waals surface area contributed by atoms with E-state index in [2.05, 4.69) is 30.8 Å². The molecule has 4 heterocycles. The second-order valence-corrected chi connectivity index (χ2v) is 9.87. The molecule has 3 unspecified atom stereocenters. The number of carbonyl (C=O) groups is 3. The second-order valence-electron chi connectivity index (χ2n) is 9.47. The number of nitrogens with zero attached hydrogens (tertiary/aromatic N) is 3. The molecule has 9 nitrogen and oxygen atoms in total. The highest BCUT2D eigenvalue weighted by atomic mass is 35.5. The molecule has 1 amide bonds. The van der Waals surface area contributed by atoms with Gasteiger partial charge in [0.2, 0.25) is 5.91 Å². The summed E-state index contributed by atoms with van der Waals surface area (Å²) in [7, 11) is 0. The van der Waals surface area contributed by atoms with Gasteiger partial charge in [0.25, 0.3) is 0 Å². The van der Waals surface area contributed by atoms with E-state index >= 15 is 0 Å². The summed E-state index contributed by atoms with van der Waals surface area (Å²) in [5, 5.41) is 13.1. The number of piperidine rings is 1. The molecule has 12 heteroatoms. The summed E-state index contributed by atoms with van der Waals surface area (Å²) in [5.74, 6) is -2.56. The third kappa shape index (κ3) is 5.01. The number of amides is 1. The predicted octanol–water partition coefficient (Wildman–Crippen LogP) is 3.26. The van der Waals surface area contributed by atoms with Crippen molar-refractivity contribution in [1.82, 2.24) is 30.8 Å². The number of aromatic amines is 1. The number of pyridine rings is 2. The maximum Gasteiger partial charge on any atom is 0.223 e. The molecule has 0 bridgehead atoms.